The van der Waals surface area contributed by atoms with Crippen molar-refractivity contribution in [1.82, 2.24) is 4.90 Å². The molecule has 2 aromatic rings. The minimum absolute atomic E-state index is 0.231. The van der Waals surface area contributed by atoms with Crippen LogP contribution in [-0.2, 0) is 9.59 Å². The fourth-order valence-electron chi connectivity index (χ4n) is 4.59. The molecule has 168 valence electrons. The van der Waals surface area contributed by atoms with Crippen molar-refractivity contribution >= 4 is 23.1 Å². The Bertz CT molecular complexity index is 1020. The van der Waals surface area contributed by atoms with E-state index in [1.165, 1.54) is 10.5 Å². The van der Waals surface area contributed by atoms with E-state index in [0.29, 0.717) is 35.4 Å². The monoisotopic (exact) mass is 432 g/mol. The average molecular weight is 433 g/mol. The maximum atomic E-state index is 13.7. The van der Waals surface area contributed by atoms with Gasteiger partial charge < -0.3 is 9.64 Å². The molecule has 1 unspecified atom stereocenters. The van der Waals surface area contributed by atoms with Gasteiger partial charge in [-0.25, -0.2) is 4.90 Å². The summed E-state index contributed by atoms with van der Waals surface area (Å²) in [7, 11) is 0. The predicted molar refractivity (Wildman–Crippen MR) is 128 cm³/mol. The fraction of sp³-hybridized carbons (Fsp3) is 0.407. The molecule has 0 spiro atoms. The Morgan fingerprint density at radius 2 is 1.69 bits per heavy atom. The molecule has 32 heavy (non-hydrogen) atoms. The maximum absolute atomic E-state index is 13.7. The fourth-order valence-corrected chi connectivity index (χ4v) is 4.59. The lowest BCUT2D eigenvalue weighted by Gasteiger charge is -2.33. The second-order valence-corrected chi connectivity index (χ2v) is 9.07. The minimum Gasteiger partial charge on any atom is -0.494 e. The number of nitrogens with zero attached hydrogens (tertiary/aromatic N) is 2. The van der Waals surface area contributed by atoms with Crippen molar-refractivity contribution in [2.75, 3.05) is 24.6 Å². The first kappa shape index (κ1) is 22.1. The lowest BCUT2D eigenvalue weighted by molar-refractivity contribution is -0.120. The van der Waals surface area contributed by atoms with E-state index in [1.807, 2.05) is 55.5 Å². The molecule has 5 heteroatoms. The van der Waals surface area contributed by atoms with E-state index in [2.05, 4.69) is 25.7 Å². The number of hydrogen-bond acceptors (Lipinski definition) is 4. The van der Waals surface area contributed by atoms with E-state index in [9.17, 15) is 9.59 Å². The van der Waals surface area contributed by atoms with Gasteiger partial charge in [-0.2, -0.15) is 0 Å². The molecule has 2 aliphatic heterocycles. The van der Waals surface area contributed by atoms with Crippen LogP contribution in [0.2, 0.25) is 0 Å². The highest BCUT2D eigenvalue weighted by Gasteiger charge is 2.43. The summed E-state index contributed by atoms with van der Waals surface area (Å²) < 4.78 is 5.56. The van der Waals surface area contributed by atoms with Crippen LogP contribution < -0.4 is 9.64 Å². The maximum Gasteiger partial charge on any atom is 0.282 e. The Kier molecular flexibility index (Phi) is 6.35. The quantitative estimate of drug-likeness (QED) is 0.587. The number of carbonyl (C=O) groups excluding carboxylic acids is 2. The van der Waals surface area contributed by atoms with Gasteiger partial charge in [0, 0.05) is 13.1 Å². The molecule has 2 aliphatic rings. The van der Waals surface area contributed by atoms with Crippen LogP contribution in [0.1, 0.15) is 57.6 Å². The zero-order valence-electron chi connectivity index (χ0n) is 19.4. The molecular weight excluding hydrogens is 400 g/mol. The van der Waals surface area contributed by atoms with Gasteiger partial charge in [0.1, 0.15) is 11.4 Å². The van der Waals surface area contributed by atoms with Gasteiger partial charge in [-0.05, 0) is 67.0 Å². The van der Waals surface area contributed by atoms with Gasteiger partial charge in [-0.1, -0.05) is 45.0 Å². The Morgan fingerprint density at radius 1 is 1.00 bits per heavy atom. The first-order valence-corrected chi connectivity index (χ1v) is 11.6. The van der Waals surface area contributed by atoms with Crippen molar-refractivity contribution in [3.63, 3.8) is 0 Å². The van der Waals surface area contributed by atoms with Crippen LogP contribution in [-0.4, -0.2) is 36.4 Å². The molecule has 0 aromatic heterocycles. The zero-order valence-corrected chi connectivity index (χ0v) is 19.4. The lowest BCUT2D eigenvalue weighted by Crippen LogP contribution is -2.39. The highest BCUT2D eigenvalue weighted by molar-refractivity contribution is 6.45. The molecule has 0 radical (unpaired) electrons. The van der Waals surface area contributed by atoms with Gasteiger partial charge in [0.25, 0.3) is 11.8 Å². The summed E-state index contributed by atoms with van der Waals surface area (Å²) in [6.07, 6.45) is 2.16. The molecule has 2 aromatic carbocycles. The number of likely N-dealkylation sites (tertiary alicyclic amines) is 1. The van der Waals surface area contributed by atoms with Crippen molar-refractivity contribution in [3.8, 4) is 5.75 Å². The average Bonchev–Trinajstić information content (AvgIpc) is 3.04. The van der Waals surface area contributed by atoms with E-state index in [-0.39, 0.29) is 11.8 Å². The summed E-state index contributed by atoms with van der Waals surface area (Å²) in [6.45, 7) is 10.6. The van der Waals surface area contributed by atoms with Gasteiger partial charge in [0.15, 0.2) is 0 Å². The minimum atomic E-state index is -0.260. The third kappa shape index (κ3) is 4.16. The third-order valence-electron chi connectivity index (χ3n) is 6.30. The number of hydrogen-bond donors (Lipinski definition) is 0. The highest BCUT2D eigenvalue weighted by Crippen LogP contribution is 2.37. The first-order chi connectivity index (χ1) is 15.4. The zero-order chi connectivity index (χ0) is 22.8. The summed E-state index contributed by atoms with van der Waals surface area (Å²) >= 11 is 0. The number of carbonyl (C=O) groups is 2. The van der Waals surface area contributed by atoms with E-state index in [1.54, 1.807) is 0 Å². The van der Waals surface area contributed by atoms with Crippen molar-refractivity contribution in [3.05, 3.63) is 65.4 Å². The molecule has 0 aliphatic carbocycles. The summed E-state index contributed by atoms with van der Waals surface area (Å²) in [5.41, 5.74) is 3.56. The molecule has 1 atom stereocenters. The van der Waals surface area contributed by atoms with Crippen LogP contribution in [0.5, 0.6) is 5.75 Å². The Hall–Kier alpha value is -3.08. The topological polar surface area (TPSA) is 49.9 Å². The number of benzene rings is 2. The number of piperidine rings is 1. The molecular formula is C27H32N2O3. The Labute approximate surface area is 190 Å². The molecule has 0 N–H and O–H groups in total. The largest absolute Gasteiger partial charge is 0.494 e. The summed E-state index contributed by atoms with van der Waals surface area (Å²) in [6, 6.07) is 15.2. The Balaban J connectivity index is 1.75. The number of anilines is 1. The molecule has 5 nitrogen and oxygen atoms in total. The van der Waals surface area contributed by atoms with E-state index >= 15 is 0 Å². The van der Waals surface area contributed by atoms with Crippen molar-refractivity contribution in [1.29, 1.82) is 0 Å². The molecule has 1 fully saturated rings. The smallest absolute Gasteiger partial charge is 0.282 e. The Morgan fingerprint density at radius 3 is 2.28 bits per heavy atom. The van der Waals surface area contributed by atoms with Crippen LogP contribution in [0.3, 0.4) is 0 Å². The third-order valence-corrected chi connectivity index (χ3v) is 6.30. The SMILES string of the molecule is CCOc1ccc(C2=C(N3CCCC(C)C3)C(=O)N(c3ccc(C(C)C)cc3)C2=O)cc1. The standard InChI is InChI=1S/C27H32N2O3/c1-5-32-23-14-10-21(11-15-23)24-25(28-16-6-7-19(4)17-28)27(31)29(26(24)30)22-12-8-20(9-13-22)18(2)3/h8-15,18-19H,5-7,16-17H2,1-4H3. The van der Waals surface area contributed by atoms with Crippen molar-refractivity contribution in [2.24, 2.45) is 5.92 Å². The highest BCUT2D eigenvalue weighted by atomic mass is 16.5. The van der Waals surface area contributed by atoms with E-state index in [0.717, 1.165) is 37.2 Å². The summed E-state index contributed by atoms with van der Waals surface area (Å²) in [5, 5.41) is 0. The van der Waals surface area contributed by atoms with Crippen LogP contribution in [0.25, 0.3) is 5.57 Å². The molecule has 0 bridgehead atoms. The summed E-state index contributed by atoms with van der Waals surface area (Å²) in [4.78, 5) is 30.8. The molecule has 0 saturated carbocycles. The van der Waals surface area contributed by atoms with E-state index in [4.69, 9.17) is 4.74 Å². The number of amides is 2. The van der Waals surface area contributed by atoms with Crippen LogP contribution in [0, 0.1) is 5.92 Å². The second-order valence-electron chi connectivity index (χ2n) is 9.07. The summed E-state index contributed by atoms with van der Waals surface area (Å²) in [5.74, 6) is 1.13. The van der Waals surface area contributed by atoms with Gasteiger partial charge >= 0.3 is 0 Å². The number of imide groups is 1. The normalized spacial score (nSPS) is 19.3. The van der Waals surface area contributed by atoms with E-state index < -0.39 is 0 Å². The molecule has 2 heterocycles. The van der Waals surface area contributed by atoms with Gasteiger partial charge in [0.05, 0.1) is 17.9 Å². The second kappa shape index (κ2) is 9.19. The number of ether oxygens (including phenoxy) is 1. The molecule has 1 saturated heterocycles. The molecule has 4 rings (SSSR count). The molecule has 2 amide bonds. The van der Waals surface area contributed by atoms with Crippen LogP contribution >= 0.6 is 0 Å². The number of rotatable bonds is 6. The van der Waals surface area contributed by atoms with Crippen LogP contribution in [0.15, 0.2) is 54.2 Å². The predicted octanol–water partition coefficient (Wildman–Crippen LogP) is 5.23. The van der Waals surface area contributed by atoms with Gasteiger partial charge in [-0.3, -0.25) is 9.59 Å². The van der Waals surface area contributed by atoms with Gasteiger partial charge in [0.2, 0.25) is 0 Å². The van der Waals surface area contributed by atoms with Crippen molar-refractivity contribution in [2.45, 2.75) is 46.5 Å². The van der Waals surface area contributed by atoms with Gasteiger partial charge in [-0.15, -0.1) is 0 Å². The lowest BCUT2D eigenvalue weighted by atomic mass is 9.97. The van der Waals surface area contributed by atoms with Crippen molar-refractivity contribution < 1.29 is 14.3 Å². The van der Waals surface area contributed by atoms with Crippen LogP contribution in [0.4, 0.5) is 5.69 Å². The first-order valence-electron chi connectivity index (χ1n) is 11.6.